The molecule has 0 aliphatic rings. The van der Waals surface area contributed by atoms with Crippen LogP contribution in [0.1, 0.15) is 28.4 Å². The van der Waals surface area contributed by atoms with Crippen LogP contribution in [-0.2, 0) is 0 Å². The summed E-state index contributed by atoms with van der Waals surface area (Å²) in [7, 11) is 0. The molecule has 0 saturated carbocycles. The van der Waals surface area contributed by atoms with Gasteiger partial charge in [0, 0.05) is 10.0 Å². The van der Waals surface area contributed by atoms with Gasteiger partial charge in [0.2, 0.25) is 0 Å². The van der Waals surface area contributed by atoms with Gasteiger partial charge in [-0.05, 0) is 44.0 Å². The minimum atomic E-state index is -0.464. The van der Waals surface area contributed by atoms with Crippen LogP contribution in [0.5, 0.6) is 0 Å². The summed E-state index contributed by atoms with van der Waals surface area (Å²) in [5.74, 6) is -0.00540. The van der Waals surface area contributed by atoms with Crippen molar-refractivity contribution in [3.8, 4) is 0 Å². The van der Waals surface area contributed by atoms with Crippen molar-refractivity contribution in [1.82, 2.24) is 0 Å². The van der Waals surface area contributed by atoms with Gasteiger partial charge in [-0.15, -0.1) is 11.6 Å². The number of aryl methyl sites for hydroxylation is 2. The normalized spacial score (nSPS) is 12.6. The van der Waals surface area contributed by atoms with Crippen molar-refractivity contribution in [3.05, 3.63) is 33.3 Å². The first-order valence-corrected chi connectivity index (χ1v) is 5.61. The molecule has 0 spiro atoms. The first-order valence-electron chi connectivity index (χ1n) is 4.38. The number of hydrogen-bond acceptors (Lipinski definition) is 1. The van der Waals surface area contributed by atoms with Crippen molar-refractivity contribution in [2.75, 3.05) is 0 Å². The van der Waals surface area contributed by atoms with Crippen LogP contribution < -0.4 is 0 Å². The van der Waals surface area contributed by atoms with Gasteiger partial charge in [-0.25, -0.2) is 0 Å². The average molecular weight is 276 g/mol. The maximum atomic E-state index is 11.8. The molecule has 1 aromatic rings. The Balaban J connectivity index is 3.28. The van der Waals surface area contributed by atoms with E-state index in [0.717, 1.165) is 21.2 Å². The minimum absolute atomic E-state index is 0.00540. The molecular formula is C11H12BrClO. The third-order valence-corrected chi connectivity index (χ3v) is 2.76. The molecule has 1 rings (SSSR count). The van der Waals surface area contributed by atoms with Crippen LogP contribution in [0.3, 0.4) is 0 Å². The van der Waals surface area contributed by atoms with Crippen LogP contribution in [0.4, 0.5) is 0 Å². The summed E-state index contributed by atoms with van der Waals surface area (Å²) in [4.78, 5) is 11.8. The minimum Gasteiger partial charge on any atom is -0.293 e. The Kier molecular flexibility index (Phi) is 3.73. The molecular weight excluding hydrogens is 263 g/mol. The summed E-state index contributed by atoms with van der Waals surface area (Å²) < 4.78 is 0.992. The number of halogens is 2. The van der Waals surface area contributed by atoms with E-state index in [9.17, 15) is 4.79 Å². The number of Topliss-reactive ketones (excluding diaryl/α,β-unsaturated/α-hetero) is 1. The van der Waals surface area contributed by atoms with E-state index in [1.165, 1.54) is 0 Å². The lowest BCUT2D eigenvalue weighted by Gasteiger charge is -2.10. The van der Waals surface area contributed by atoms with E-state index in [4.69, 9.17) is 11.6 Å². The van der Waals surface area contributed by atoms with Crippen LogP contribution in [0.15, 0.2) is 16.6 Å². The zero-order chi connectivity index (χ0) is 10.9. The van der Waals surface area contributed by atoms with Crippen molar-refractivity contribution < 1.29 is 4.79 Å². The van der Waals surface area contributed by atoms with Crippen LogP contribution >= 0.6 is 27.5 Å². The lowest BCUT2D eigenvalue weighted by atomic mass is 9.98. The number of rotatable bonds is 2. The molecule has 3 heteroatoms. The SMILES string of the molecule is Cc1cc(Br)cc(C)c1C(=O)C(C)Cl. The highest BCUT2D eigenvalue weighted by Gasteiger charge is 2.17. The smallest absolute Gasteiger partial charge is 0.180 e. The fourth-order valence-electron chi connectivity index (χ4n) is 1.50. The van der Waals surface area contributed by atoms with Gasteiger partial charge in [0.05, 0.1) is 5.38 Å². The molecule has 1 unspecified atom stereocenters. The van der Waals surface area contributed by atoms with E-state index in [2.05, 4.69) is 15.9 Å². The van der Waals surface area contributed by atoms with Gasteiger partial charge in [0.1, 0.15) is 0 Å². The Morgan fingerprint density at radius 2 is 1.79 bits per heavy atom. The van der Waals surface area contributed by atoms with Crippen LogP contribution in [0, 0.1) is 13.8 Å². The monoisotopic (exact) mass is 274 g/mol. The van der Waals surface area contributed by atoms with E-state index in [0.29, 0.717) is 0 Å². The Morgan fingerprint density at radius 3 is 2.14 bits per heavy atom. The van der Waals surface area contributed by atoms with Crippen molar-refractivity contribution >= 4 is 33.3 Å². The molecule has 0 bridgehead atoms. The molecule has 0 amide bonds. The predicted octanol–water partition coefficient (Wildman–Crippen LogP) is 3.88. The number of carbonyl (C=O) groups is 1. The molecule has 1 atom stereocenters. The largest absolute Gasteiger partial charge is 0.293 e. The van der Waals surface area contributed by atoms with Crippen molar-refractivity contribution in [2.45, 2.75) is 26.1 Å². The number of carbonyl (C=O) groups excluding carboxylic acids is 1. The molecule has 1 aromatic carbocycles. The highest BCUT2D eigenvalue weighted by molar-refractivity contribution is 9.10. The maximum absolute atomic E-state index is 11.8. The van der Waals surface area contributed by atoms with E-state index in [-0.39, 0.29) is 5.78 Å². The predicted molar refractivity (Wildman–Crippen MR) is 63.3 cm³/mol. The van der Waals surface area contributed by atoms with Gasteiger partial charge in [0.15, 0.2) is 5.78 Å². The molecule has 0 saturated heterocycles. The van der Waals surface area contributed by atoms with Gasteiger partial charge in [-0.2, -0.15) is 0 Å². The second-order valence-electron chi connectivity index (χ2n) is 3.39. The lowest BCUT2D eigenvalue weighted by molar-refractivity contribution is 0.0990. The quantitative estimate of drug-likeness (QED) is 0.591. The summed E-state index contributed by atoms with van der Waals surface area (Å²) >= 11 is 9.17. The van der Waals surface area contributed by atoms with E-state index >= 15 is 0 Å². The second kappa shape index (κ2) is 4.45. The average Bonchev–Trinajstić information content (AvgIpc) is 2.01. The van der Waals surface area contributed by atoms with Gasteiger partial charge in [-0.1, -0.05) is 15.9 Å². The summed E-state index contributed by atoms with van der Waals surface area (Å²) in [6.07, 6.45) is 0. The third-order valence-electron chi connectivity index (χ3n) is 2.11. The molecule has 0 heterocycles. The van der Waals surface area contributed by atoms with Gasteiger partial charge in [-0.3, -0.25) is 4.79 Å². The zero-order valence-corrected chi connectivity index (χ0v) is 10.7. The number of alkyl halides is 1. The standard InChI is InChI=1S/C11H12BrClO/c1-6-4-9(12)5-7(2)10(6)11(14)8(3)13/h4-5,8H,1-3H3. The van der Waals surface area contributed by atoms with Crippen molar-refractivity contribution in [3.63, 3.8) is 0 Å². The number of ketones is 1. The molecule has 0 aromatic heterocycles. The third kappa shape index (κ3) is 2.37. The molecule has 0 aliphatic heterocycles. The topological polar surface area (TPSA) is 17.1 Å². The van der Waals surface area contributed by atoms with Crippen LogP contribution in [-0.4, -0.2) is 11.2 Å². The summed E-state index contributed by atoms with van der Waals surface area (Å²) in [6, 6.07) is 3.86. The van der Waals surface area contributed by atoms with Crippen LogP contribution in [0.25, 0.3) is 0 Å². The molecule has 0 fully saturated rings. The molecule has 0 N–H and O–H groups in total. The van der Waals surface area contributed by atoms with E-state index in [1.807, 2.05) is 26.0 Å². The Bertz CT molecular complexity index is 349. The first-order chi connectivity index (χ1) is 6.43. The van der Waals surface area contributed by atoms with Gasteiger partial charge in [0.25, 0.3) is 0 Å². The summed E-state index contributed by atoms with van der Waals surface area (Å²) in [6.45, 7) is 5.54. The Hall–Kier alpha value is -0.340. The van der Waals surface area contributed by atoms with E-state index < -0.39 is 5.38 Å². The Labute approximate surface area is 97.6 Å². The van der Waals surface area contributed by atoms with Crippen molar-refractivity contribution in [1.29, 1.82) is 0 Å². The maximum Gasteiger partial charge on any atom is 0.180 e. The van der Waals surface area contributed by atoms with Gasteiger partial charge >= 0.3 is 0 Å². The number of benzene rings is 1. The first kappa shape index (κ1) is 11.7. The molecule has 0 radical (unpaired) electrons. The summed E-state index contributed by atoms with van der Waals surface area (Å²) in [5, 5.41) is -0.464. The molecule has 1 nitrogen and oxygen atoms in total. The molecule has 14 heavy (non-hydrogen) atoms. The molecule has 76 valence electrons. The second-order valence-corrected chi connectivity index (χ2v) is 4.97. The summed E-state index contributed by atoms with van der Waals surface area (Å²) in [5.41, 5.74) is 2.68. The highest BCUT2D eigenvalue weighted by atomic mass is 79.9. The van der Waals surface area contributed by atoms with E-state index in [1.54, 1.807) is 6.92 Å². The van der Waals surface area contributed by atoms with Gasteiger partial charge < -0.3 is 0 Å². The Morgan fingerprint density at radius 1 is 1.36 bits per heavy atom. The highest BCUT2D eigenvalue weighted by Crippen LogP contribution is 2.22. The molecule has 0 aliphatic carbocycles. The number of hydrogen-bond donors (Lipinski definition) is 0. The lowest BCUT2D eigenvalue weighted by Crippen LogP contribution is -2.13. The van der Waals surface area contributed by atoms with Crippen molar-refractivity contribution in [2.24, 2.45) is 0 Å². The fraction of sp³-hybridized carbons (Fsp3) is 0.364. The zero-order valence-electron chi connectivity index (χ0n) is 8.40. The fourth-order valence-corrected chi connectivity index (χ4v) is 2.29. The van der Waals surface area contributed by atoms with Crippen LogP contribution in [0.2, 0.25) is 0 Å².